The van der Waals surface area contributed by atoms with Crippen LogP contribution in [0.2, 0.25) is 0 Å². The summed E-state index contributed by atoms with van der Waals surface area (Å²) in [6.45, 7) is 7.12. The number of nitrogens with one attached hydrogen (secondary N) is 1. The van der Waals surface area contributed by atoms with Crippen LogP contribution in [-0.2, 0) is 4.74 Å². The molecule has 0 saturated carbocycles. The summed E-state index contributed by atoms with van der Waals surface area (Å²) in [4.78, 5) is 33.4. The Kier molecular flexibility index (Phi) is 5.21. The van der Waals surface area contributed by atoms with E-state index in [0.29, 0.717) is 5.69 Å². The van der Waals surface area contributed by atoms with E-state index >= 15 is 0 Å². The lowest BCUT2D eigenvalue weighted by molar-refractivity contribution is 0.00593. The normalized spacial score (nSPS) is 11.1. The van der Waals surface area contributed by atoms with Crippen LogP contribution in [0.15, 0.2) is 48.7 Å². The second kappa shape index (κ2) is 7.59. The number of rotatable bonds is 4. The SMILES string of the molecule is Cc1ccnc(NC(=O)c2cc(C(=O)OC(C)(C)C)n(-c3ccccc3)n2)n1. The smallest absolute Gasteiger partial charge is 0.357 e. The molecule has 3 rings (SSSR count). The number of carbonyl (C=O) groups excluding carboxylic acids is 2. The summed E-state index contributed by atoms with van der Waals surface area (Å²) < 4.78 is 6.85. The van der Waals surface area contributed by atoms with Gasteiger partial charge >= 0.3 is 5.97 Å². The van der Waals surface area contributed by atoms with Gasteiger partial charge < -0.3 is 4.74 Å². The summed E-state index contributed by atoms with van der Waals surface area (Å²) in [6.07, 6.45) is 1.55. The third-order valence-electron chi connectivity index (χ3n) is 3.57. The molecular formula is C20H21N5O3. The van der Waals surface area contributed by atoms with Crippen LogP contribution in [0.5, 0.6) is 0 Å². The number of anilines is 1. The van der Waals surface area contributed by atoms with Crippen molar-refractivity contribution in [1.82, 2.24) is 19.7 Å². The van der Waals surface area contributed by atoms with Crippen LogP contribution in [-0.4, -0.2) is 37.2 Å². The second-order valence-corrected chi connectivity index (χ2v) is 7.14. The van der Waals surface area contributed by atoms with Gasteiger partial charge in [0.05, 0.1) is 5.69 Å². The maximum atomic E-state index is 12.7. The highest BCUT2D eigenvalue weighted by Crippen LogP contribution is 2.18. The molecule has 8 nitrogen and oxygen atoms in total. The zero-order valence-electron chi connectivity index (χ0n) is 16.1. The molecular weight excluding hydrogens is 358 g/mol. The summed E-state index contributed by atoms with van der Waals surface area (Å²) in [5.74, 6) is -0.933. The molecule has 0 aliphatic heterocycles. The molecule has 0 atom stereocenters. The fraction of sp³-hybridized carbons (Fsp3) is 0.250. The molecule has 3 aromatic rings. The molecule has 0 aliphatic rings. The molecule has 144 valence electrons. The van der Waals surface area contributed by atoms with Crippen molar-refractivity contribution in [3.05, 3.63) is 65.7 Å². The molecule has 1 N–H and O–H groups in total. The molecule has 0 spiro atoms. The Hall–Kier alpha value is -3.55. The van der Waals surface area contributed by atoms with Gasteiger partial charge in [0.25, 0.3) is 5.91 Å². The Morgan fingerprint density at radius 1 is 1.11 bits per heavy atom. The zero-order valence-corrected chi connectivity index (χ0v) is 16.1. The van der Waals surface area contributed by atoms with Gasteiger partial charge in [0, 0.05) is 18.0 Å². The second-order valence-electron chi connectivity index (χ2n) is 7.14. The molecule has 0 radical (unpaired) electrons. The number of amides is 1. The van der Waals surface area contributed by atoms with Crippen molar-refractivity contribution in [1.29, 1.82) is 0 Å². The lowest BCUT2D eigenvalue weighted by Gasteiger charge is -2.19. The number of esters is 1. The van der Waals surface area contributed by atoms with Crippen molar-refractivity contribution in [2.24, 2.45) is 0 Å². The molecule has 0 unspecified atom stereocenters. The number of para-hydroxylation sites is 1. The molecule has 2 aromatic heterocycles. The van der Waals surface area contributed by atoms with Crippen molar-refractivity contribution < 1.29 is 14.3 Å². The predicted molar refractivity (Wildman–Crippen MR) is 103 cm³/mol. The van der Waals surface area contributed by atoms with Crippen LogP contribution in [0, 0.1) is 6.92 Å². The number of carbonyl (C=O) groups is 2. The quantitative estimate of drug-likeness (QED) is 0.699. The summed E-state index contributed by atoms with van der Waals surface area (Å²) in [5.41, 5.74) is 0.871. The first-order chi connectivity index (χ1) is 13.2. The first-order valence-corrected chi connectivity index (χ1v) is 8.73. The van der Waals surface area contributed by atoms with E-state index in [9.17, 15) is 9.59 Å². The topological polar surface area (TPSA) is 99.0 Å². The minimum atomic E-state index is -0.680. The number of hydrogen-bond donors (Lipinski definition) is 1. The molecule has 0 bridgehead atoms. The van der Waals surface area contributed by atoms with Gasteiger partial charge in [0.2, 0.25) is 5.95 Å². The van der Waals surface area contributed by atoms with Gasteiger partial charge in [-0.1, -0.05) is 18.2 Å². The standard InChI is InChI=1S/C20H21N5O3/c1-13-10-11-21-19(22-13)23-17(26)15-12-16(18(27)28-20(2,3)4)25(24-15)14-8-6-5-7-9-14/h5-12H,1-4H3,(H,21,22,23,26). The lowest BCUT2D eigenvalue weighted by Crippen LogP contribution is -2.25. The Bertz CT molecular complexity index is 1010. The fourth-order valence-corrected chi connectivity index (χ4v) is 2.41. The van der Waals surface area contributed by atoms with E-state index in [1.807, 2.05) is 18.2 Å². The third kappa shape index (κ3) is 4.59. The number of benzene rings is 1. The lowest BCUT2D eigenvalue weighted by atomic mass is 10.2. The fourth-order valence-electron chi connectivity index (χ4n) is 2.41. The molecule has 0 saturated heterocycles. The van der Waals surface area contributed by atoms with E-state index < -0.39 is 17.5 Å². The van der Waals surface area contributed by atoms with E-state index in [1.54, 1.807) is 52.1 Å². The first-order valence-electron chi connectivity index (χ1n) is 8.73. The Balaban J connectivity index is 1.96. The van der Waals surface area contributed by atoms with Crippen molar-refractivity contribution in [2.75, 3.05) is 5.32 Å². The maximum absolute atomic E-state index is 12.7. The maximum Gasteiger partial charge on any atom is 0.357 e. The first kappa shape index (κ1) is 19.2. The Labute approximate surface area is 162 Å². The molecule has 0 fully saturated rings. The third-order valence-corrected chi connectivity index (χ3v) is 3.57. The number of aryl methyl sites for hydroxylation is 1. The molecule has 1 amide bonds. The van der Waals surface area contributed by atoms with Gasteiger partial charge in [-0.25, -0.2) is 19.4 Å². The Morgan fingerprint density at radius 3 is 2.46 bits per heavy atom. The van der Waals surface area contributed by atoms with Crippen molar-refractivity contribution in [2.45, 2.75) is 33.3 Å². The van der Waals surface area contributed by atoms with Crippen molar-refractivity contribution in [3.8, 4) is 5.69 Å². The van der Waals surface area contributed by atoms with E-state index in [0.717, 1.165) is 5.69 Å². The largest absolute Gasteiger partial charge is 0.455 e. The zero-order chi connectivity index (χ0) is 20.3. The summed E-state index contributed by atoms with van der Waals surface area (Å²) in [6, 6.07) is 12.2. The average Bonchev–Trinajstić information content (AvgIpc) is 3.07. The number of nitrogens with zero attached hydrogens (tertiary/aromatic N) is 4. The van der Waals surface area contributed by atoms with Crippen LogP contribution in [0.3, 0.4) is 0 Å². The van der Waals surface area contributed by atoms with Crippen LogP contribution < -0.4 is 5.32 Å². The highest BCUT2D eigenvalue weighted by Gasteiger charge is 2.25. The van der Waals surface area contributed by atoms with Crippen LogP contribution in [0.1, 0.15) is 47.4 Å². The minimum Gasteiger partial charge on any atom is -0.455 e. The van der Waals surface area contributed by atoms with Gasteiger partial charge in [0.1, 0.15) is 5.60 Å². The molecule has 2 heterocycles. The molecule has 28 heavy (non-hydrogen) atoms. The van der Waals surface area contributed by atoms with Crippen LogP contribution >= 0.6 is 0 Å². The van der Waals surface area contributed by atoms with Crippen molar-refractivity contribution >= 4 is 17.8 Å². The molecule has 8 heteroatoms. The summed E-state index contributed by atoms with van der Waals surface area (Å²) >= 11 is 0. The number of ether oxygens (including phenoxy) is 1. The van der Waals surface area contributed by atoms with Gasteiger partial charge in [-0.2, -0.15) is 5.10 Å². The van der Waals surface area contributed by atoms with Crippen molar-refractivity contribution in [3.63, 3.8) is 0 Å². The molecule has 1 aromatic carbocycles. The monoisotopic (exact) mass is 379 g/mol. The van der Waals surface area contributed by atoms with Gasteiger partial charge in [-0.05, 0) is 45.9 Å². The van der Waals surface area contributed by atoms with Gasteiger partial charge in [0.15, 0.2) is 11.4 Å². The van der Waals surface area contributed by atoms with Gasteiger partial charge in [-0.3, -0.25) is 10.1 Å². The van der Waals surface area contributed by atoms with Gasteiger partial charge in [-0.15, -0.1) is 0 Å². The Morgan fingerprint density at radius 2 is 1.82 bits per heavy atom. The van der Waals surface area contributed by atoms with E-state index in [-0.39, 0.29) is 17.3 Å². The highest BCUT2D eigenvalue weighted by molar-refractivity contribution is 6.03. The number of aromatic nitrogens is 4. The molecule has 0 aliphatic carbocycles. The van der Waals surface area contributed by atoms with E-state index in [1.165, 1.54) is 10.7 Å². The highest BCUT2D eigenvalue weighted by atomic mass is 16.6. The van der Waals surface area contributed by atoms with Crippen LogP contribution in [0.4, 0.5) is 5.95 Å². The van der Waals surface area contributed by atoms with Crippen LogP contribution in [0.25, 0.3) is 5.69 Å². The summed E-state index contributed by atoms with van der Waals surface area (Å²) in [5, 5.41) is 6.89. The predicted octanol–water partition coefficient (Wildman–Crippen LogP) is 3.18. The average molecular weight is 379 g/mol. The number of hydrogen-bond acceptors (Lipinski definition) is 6. The van der Waals surface area contributed by atoms with E-state index in [4.69, 9.17) is 4.74 Å². The van der Waals surface area contributed by atoms with E-state index in [2.05, 4.69) is 20.4 Å². The summed E-state index contributed by atoms with van der Waals surface area (Å²) in [7, 11) is 0. The minimum absolute atomic E-state index is 0.0508.